The summed E-state index contributed by atoms with van der Waals surface area (Å²) in [6.07, 6.45) is 0.857. The van der Waals surface area contributed by atoms with E-state index < -0.39 is 11.3 Å². The highest BCUT2D eigenvalue weighted by Crippen LogP contribution is 2.65. The van der Waals surface area contributed by atoms with E-state index in [1.54, 1.807) is 4.90 Å². The molecule has 0 radical (unpaired) electrons. The van der Waals surface area contributed by atoms with Crippen LogP contribution in [0, 0.1) is 26.2 Å². The second-order valence-corrected chi connectivity index (χ2v) is 6.73. The predicted molar refractivity (Wildman–Crippen MR) is 77.8 cm³/mol. The lowest BCUT2D eigenvalue weighted by molar-refractivity contribution is 0.0284. The summed E-state index contributed by atoms with van der Waals surface area (Å²) in [5.74, 6) is -2.51. The molecule has 1 saturated heterocycles. The molecule has 0 atom stereocenters. The van der Waals surface area contributed by atoms with Crippen LogP contribution in [0.25, 0.3) is 0 Å². The number of likely N-dealkylation sites (tertiary alicyclic amines) is 1. The summed E-state index contributed by atoms with van der Waals surface area (Å²) < 4.78 is 26.8. The Morgan fingerprint density at radius 3 is 2.00 bits per heavy atom. The fourth-order valence-electron chi connectivity index (χ4n) is 3.74. The van der Waals surface area contributed by atoms with E-state index >= 15 is 0 Å². The topological polar surface area (TPSA) is 20.3 Å². The predicted octanol–water partition coefficient (Wildman–Crippen LogP) is 3.87. The third-order valence-corrected chi connectivity index (χ3v) is 5.11. The Balaban J connectivity index is 1.76. The number of alkyl halides is 2. The van der Waals surface area contributed by atoms with Gasteiger partial charge in [-0.1, -0.05) is 17.7 Å². The van der Waals surface area contributed by atoms with Crippen molar-refractivity contribution in [2.75, 3.05) is 13.1 Å². The molecule has 0 N–H and O–H groups in total. The lowest BCUT2D eigenvalue weighted by Gasteiger charge is -2.33. The third kappa shape index (κ3) is 2.25. The summed E-state index contributed by atoms with van der Waals surface area (Å²) in [7, 11) is 0. The minimum absolute atomic E-state index is 0.00458. The van der Waals surface area contributed by atoms with Crippen molar-refractivity contribution in [3.05, 3.63) is 34.4 Å². The minimum Gasteiger partial charge on any atom is -0.339 e. The zero-order chi connectivity index (χ0) is 15.4. The van der Waals surface area contributed by atoms with Gasteiger partial charge in [-0.3, -0.25) is 4.79 Å². The molecule has 1 amide bonds. The molecule has 0 bridgehead atoms. The lowest BCUT2D eigenvalue weighted by Crippen LogP contribution is -2.41. The van der Waals surface area contributed by atoms with Gasteiger partial charge in [0.2, 0.25) is 0 Å². The van der Waals surface area contributed by atoms with E-state index in [1.165, 1.54) is 0 Å². The summed E-state index contributed by atoms with van der Waals surface area (Å²) in [5.41, 5.74) is 3.00. The van der Waals surface area contributed by atoms with Crippen molar-refractivity contribution >= 4 is 5.91 Å². The van der Waals surface area contributed by atoms with Crippen molar-refractivity contribution in [2.24, 2.45) is 5.41 Å². The number of nitrogens with zero attached hydrogens (tertiary/aromatic N) is 1. The van der Waals surface area contributed by atoms with Gasteiger partial charge in [-0.05, 0) is 44.7 Å². The van der Waals surface area contributed by atoms with Crippen molar-refractivity contribution in [1.29, 1.82) is 0 Å². The Morgan fingerprint density at radius 1 is 1.10 bits per heavy atom. The van der Waals surface area contributed by atoms with E-state index in [1.807, 2.05) is 32.9 Å². The van der Waals surface area contributed by atoms with Crippen LogP contribution in [-0.2, 0) is 0 Å². The Hall–Kier alpha value is -1.45. The summed E-state index contributed by atoms with van der Waals surface area (Å²) in [6, 6.07) is 4.00. The van der Waals surface area contributed by atoms with Crippen LogP contribution in [0.15, 0.2) is 12.1 Å². The normalized spacial score (nSPS) is 22.4. The molecule has 1 aromatic rings. The Morgan fingerprint density at radius 2 is 1.57 bits per heavy atom. The Kier molecular flexibility index (Phi) is 3.12. The summed E-state index contributed by atoms with van der Waals surface area (Å²) in [5, 5.41) is 0. The number of amides is 1. The maximum atomic E-state index is 13.4. The van der Waals surface area contributed by atoms with Crippen LogP contribution >= 0.6 is 0 Å². The summed E-state index contributed by atoms with van der Waals surface area (Å²) in [6.45, 7) is 6.78. The number of carbonyl (C=O) groups excluding carboxylic acids is 1. The van der Waals surface area contributed by atoms with Crippen LogP contribution in [0.2, 0.25) is 0 Å². The molecular weight excluding hydrogens is 272 g/mol. The van der Waals surface area contributed by atoms with Crippen molar-refractivity contribution in [3.63, 3.8) is 0 Å². The standard InChI is InChI=1S/C17H21F2NO/c1-11-8-12(2)14(13(3)9-11)15(21)20-6-4-16(5-7-20)10-17(16,18)19/h8-9H,4-7,10H2,1-3H3. The van der Waals surface area contributed by atoms with Gasteiger partial charge in [0.05, 0.1) is 0 Å². The SMILES string of the molecule is Cc1cc(C)c(C(=O)N2CCC3(CC2)CC3(F)F)c(C)c1. The van der Waals surface area contributed by atoms with Gasteiger partial charge in [0.15, 0.2) is 0 Å². The number of halogens is 2. The number of rotatable bonds is 1. The molecule has 1 aliphatic heterocycles. The first-order valence-corrected chi connectivity index (χ1v) is 7.51. The molecular formula is C17H21F2NO. The molecule has 2 fully saturated rings. The van der Waals surface area contributed by atoms with E-state index in [0.717, 1.165) is 22.3 Å². The molecule has 114 valence electrons. The number of hydrogen-bond acceptors (Lipinski definition) is 1. The number of carbonyl (C=O) groups is 1. The van der Waals surface area contributed by atoms with Crippen molar-refractivity contribution in [3.8, 4) is 0 Å². The molecule has 4 heteroatoms. The molecule has 1 saturated carbocycles. The zero-order valence-corrected chi connectivity index (χ0v) is 12.8. The van der Waals surface area contributed by atoms with Gasteiger partial charge in [-0.25, -0.2) is 8.78 Å². The third-order valence-electron chi connectivity index (χ3n) is 5.11. The van der Waals surface area contributed by atoms with Crippen molar-refractivity contribution in [1.82, 2.24) is 4.90 Å². The second-order valence-electron chi connectivity index (χ2n) is 6.73. The van der Waals surface area contributed by atoms with Gasteiger partial charge < -0.3 is 4.90 Å². The maximum absolute atomic E-state index is 13.4. The Bertz CT molecular complexity index is 578. The summed E-state index contributed by atoms with van der Waals surface area (Å²) >= 11 is 0. The highest BCUT2D eigenvalue weighted by molar-refractivity contribution is 5.97. The Labute approximate surface area is 124 Å². The first-order valence-electron chi connectivity index (χ1n) is 7.51. The van der Waals surface area contributed by atoms with E-state index in [2.05, 4.69) is 0 Å². The molecule has 1 aliphatic carbocycles. The fraction of sp³-hybridized carbons (Fsp3) is 0.588. The second kappa shape index (κ2) is 4.52. The van der Waals surface area contributed by atoms with Gasteiger partial charge in [-0.15, -0.1) is 0 Å². The number of benzene rings is 1. The van der Waals surface area contributed by atoms with E-state index in [4.69, 9.17) is 0 Å². The van der Waals surface area contributed by atoms with E-state index in [0.29, 0.717) is 25.9 Å². The van der Waals surface area contributed by atoms with Crippen LogP contribution in [-0.4, -0.2) is 29.8 Å². The van der Waals surface area contributed by atoms with Gasteiger partial charge in [0.1, 0.15) is 0 Å². The van der Waals surface area contributed by atoms with Gasteiger partial charge in [0, 0.05) is 30.5 Å². The molecule has 2 nitrogen and oxygen atoms in total. The summed E-state index contributed by atoms with van der Waals surface area (Å²) in [4.78, 5) is 14.4. The van der Waals surface area contributed by atoms with E-state index in [9.17, 15) is 13.6 Å². The molecule has 1 heterocycles. The molecule has 3 rings (SSSR count). The van der Waals surface area contributed by atoms with Crippen molar-refractivity contribution < 1.29 is 13.6 Å². The first kappa shape index (κ1) is 14.5. The molecule has 1 spiro atoms. The van der Waals surface area contributed by atoms with Gasteiger partial charge >= 0.3 is 0 Å². The van der Waals surface area contributed by atoms with E-state index in [-0.39, 0.29) is 12.3 Å². The smallest absolute Gasteiger partial charge is 0.254 e. The van der Waals surface area contributed by atoms with Gasteiger partial charge in [0.25, 0.3) is 11.8 Å². The number of piperidine rings is 1. The monoisotopic (exact) mass is 293 g/mol. The largest absolute Gasteiger partial charge is 0.339 e. The quantitative estimate of drug-likeness (QED) is 0.769. The molecule has 0 unspecified atom stereocenters. The van der Waals surface area contributed by atoms with Crippen LogP contribution in [0.3, 0.4) is 0 Å². The fourth-order valence-corrected chi connectivity index (χ4v) is 3.74. The molecule has 0 aromatic heterocycles. The maximum Gasteiger partial charge on any atom is 0.254 e. The van der Waals surface area contributed by atoms with Crippen LogP contribution < -0.4 is 0 Å². The highest BCUT2D eigenvalue weighted by Gasteiger charge is 2.70. The average molecular weight is 293 g/mol. The molecule has 21 heavy (non-hydrogen) atoms. The number of aryl methyl sites for hydroxylation is 3. The first-order chi connectivity index (χ1) is 9.76. The van der Waals surface area contributed by atoms with Crippen LogP contribution in [0.1, 0.15) is 46.3 Å². The van der Waals surface area contributed by atoms with Crippen molar-refractivity contribution in [2.45, 2.75) is 46.0 Å². The van der Waals surface area contributed by atoms with Gasteiger partial charge in [-0.2, -0.15) is 0 Å². The number of hydrogen-bond donors (Lipinski definition) is 0. The van der Waals surface area contributed by atoms with Crippen LogP contribution in [0.4, 0.5) is 8.78 Å². The molecule has 1 aromatic carbocycles. The average Bonchev–Trinajstić information content (AvgIpc) is 2.89. The highest BCUT2D eigenvalue weighted by atomic mass is 19.3. The zero-order valence-electron chi connectivity index (χ0n) is 12.8. The minimum atomic E-state index is -2.50. The lowest BCUT2D eigenvalue weighted by atomic mass is 9.91. The van der Waals surface area contributed by atoms with Crippen LogP contribution in [0.5, 0.6) is 0 Å². The molecule has 2 aliphatic rings.